The summed E-state index contributed by atoms with van der Waals surface area (Å²) >= 11 is 1.91. The van der Waals surface area contributed by atoms with E-state index < -0.39 is 0 Å². The van der Waals surface area contributed by atoms with Gasteiger partial charge in [-0.1, -0.05) is 6.92 Å². The lowest BCUT2D eigenvalue weighted by molar-refractivity contribution is -0.149. The number of piperazine rings is 1. The van der Waals surface area contributed by atoms with Gasteiger partial charge in [-0.2, -0.15) is 0 Å². The first-order valence-electron chi connectivity index (χ1n) is 9.04. The lowest BCUT2D eigenvalue weighted by atomic mass is 9.78. The summed E-state index contributed by atoms with van der Waals surface area (Å²) in [4.78, 5) is 20.3. The maximum absolute atomic E-state index is 13.0. The van der Waals surface area contributed by atoms with E-state index in [1.807, 2.05) is 16.2 Å². The number of aryl methyl sites for hydroxylation is 1. The van der Waals surface area contributed by atoms with Crippen molar-refractivity contribution in [2.75, 3.05) is 45.9 Å². The minimum atomic E-state index is -0.385. The average Bonchev–Trinajstić information content (AvgIpc) is 3.10. The number of nitrogens with two attached hydrogens (primary N) is 1. The molecule has 0 unspecified atom stereocenters. The second-order valence-corrected chi connectivity index (χ2v) is 8.14. The third-order valence-corrected chi connectivity index (χ3v) is 6.61. The standard InChI is InChI=1S/C18H29N3O2S/c1-2-15-3-4-16(24-15)13-20-7-9-21(10-8-20)17(22)18(14-19)5-11-23-12-6-18/h3-4H,2,5-14,19H2,1H3. The first-order valence-corrected chi connectivity index (χ1v) is 9.85. The van der Waals surface area contributed by atoms with Crippen LogP contribution in [0.4, 0.5) is 0 Å². The van der Waals surface area contributed by atoms with Gasteiger partial charge < -0.3 is 15.4 Å². The van der Waals surface area contributed by atoms with Gasteiger partial charge in [0.25, 0.3) is 0 Å². The van der Waals surface area contributed by atoms with E-state index in [1.54, 1.807) is 0 Å². The summed E-state index contributed by atoms with van der Waals surface area (Å²) in [6.07, 6.45) is 2.63. The summed E-state index contributed by atoms with van der Waals surface area (Å²) < 4.78 is 5.43. The Kier molecular flexibility index (Phi) is 5.92. The van der Waals surface area contributed by atoms with Gasteiger partial charge in [-0.15, -0.1) is 11.3 Å². The molecule has 2 aliphatic heterocycles. The molecule has 134 valence electrons. The van der Waals surface area contributed by atoms with Crippen molar-refractivity contribution in [1.82, 2.24) is 9.80 Å². The Morgan fingerprint density at radius 1 is 1.21 bits per heavy atom. The minimum absolute atomic E-state index is 0.248. The van der Waals surface area contributed by atoms with Crippen molar-refractivity contribution >= 4 is 17.2 Å². The molecule has 24 heavy (non-hydrogen) atoms. The van der Waals surface area contributed by atoms with Crippen LogP contribution in [0.3, 0.4) is 0 Å². The Bertz CT molecular complexity index is 546. The fourth-order valence-electron chi connectivity index (χ4n) is 3.63. The third-order valence-electron chi connectivity index (χ3n) is 5.40. The van der Waals surface area contributed by atoms with Crippen LogP contribution < -0.4 is 5.73 Å². The van der Waals surface area contributed by atoms with Crippen LogP contribution in [0.25, 0.3) is 0 Å². The Balaban J connectivity index is 1.53. The quantitative estimate of drug-likeness (QED) is 0.877. The number of rotatable bonds is 5. The van der Waals surface area contributed by atoms with Crippen molar-refractivity contribution in [3.05, 3.63) is 21.9 Å². The van der Waals surface area contributed by atoms with Crippen LogP contribution in [0.5, 0.6) is 0 Å². The molecule has 1 aromatic heterocycles. The van der Waals surface area contributed by atoms with Gasteiger partial charge in [-0.25, -0.2) is 0 Å². The lowest BCUT2D eigenvalue weighted by Gasteiger charge is -2.42. The van der Waals surface area contributed by atoms with Gasteiger partial charge >= 0.3 is 0 Å². The van der Waals surface area contributed by atoms with E-state index >= 15 is 0 Å². The molecule has 0 aliphatic carbocycles. The van der Waals surface area contributed by atoms with Crippen molar-refractivity contribution in [3.8, 4) is 0 Å². The fraction of sp³-hybridized carbons (Fsp3) is 0.722. The van der Waals surface area contributed by atoms with Crippen LogP contribution in [-0.2, 0) is 22.5 Å². The summed E-state index contributed by atoms with van der Waals surface area (Å²) in [5, 5.41) is 0. The van der Waals surface area contributed by atoms with Crippen LogP contribution in [0.1, 0.15) is 29.5 Å². The third kappa shape index (κ3) is 3.82. The summed E-state index contributed by atoms with van der Waals surface area (Å²) in [6, 6.07) is 4.47. The zero-order valence-electron chi connectivity index (χ0n) is 14.6. The molecule has 0 bridgehead atoms. The number of thiophene rings is 1. The number of carbonyl (C=O) groups is 1. The van der Waals surface area contributed by atoms with E-state index in [0.717, 1.165) is 52.0 Å². The van der Waals surface area contributed by atoms with Crippen LogP contribution in [0.15, 0.2) is 12.1 Å². The highest BCUT2D eigenvalue weighted by Gasteiger charge is 2.42. The molecule has 0 spiro atoms. The molecule has 2 N–H and O–H groups in total. The monoisotopic (exact) mass is 351 g/mol. The Morgan fingerprint density at radius 3 is 2.46 bits per heavy atom. The van der Waals surface area contributed by atoms with Gasteiger partial charge in [-0.05, 0) is 31.4 Å². The Labute approximate surface area is 148 Å². The van der Waals surface area contributed by atoms with Gasteiger partial charge in [0.2, 0.25) is 5.91 Å². The highest BCUT2D eigenvalue weighted by atomic mass is 32.1. The smallest absolute Gasteiger partial charge is 0.230 e. The second-order valence-electron chi connectivity index (χ2n) is 6.89. The molecule has 0 atom stereocenters. The molecule has 1 amide bonds. The topological polar surface area (TPSA) is 58.8 Å². The SMILES string of the molecule is CCc1ccc(CN2CCN(C(=O)C3(CN)CCOCC3)CC2)s1. The largest absolute Gasteiger partial charge is 0.381 e. The van der Waals surface area contributed by atoms with Crippen molar-refractivity contribution in [2.24, 2.45) is 11.1 Å². The first-order chi connectivity index (χ1) is 11.7. The number of ether oxygens (including phenoxy) is 1. The van der Waals surface area contributed by atoms with E-state index in [-0.39, 0.29) is 11.3 Å². The van der Waals surface area contributed by atoms with Crippen molar-refractivity contribution < 1.29 is 9.53 Å². The molecule has 1 aromatic rings. The van der Waals surface area contributed by atoms with Gasteiger partial charge in [0.15, 0.2) is 0 Å². The van der Waals surface area contributed by atoms with Crippen molar-refractivity contribution in [3.63, 3.8) is 0 Å². The predicted molar refractivity (Wildman–Crippen MR) is 97.1 cm³/mol. The number of carbonyl (C=O) groups excluding carboxylic acids is 1. The van der Waals surface area contributed by atoms with E-state index in [9.17, 15) is 4.79 Å². The molecule has 0 saturated carbocycles. The average molecular weight is 352 g/mol. The summed E-state index contributed by atoms with van der Waals surface area (Å²) in [7, 11) is 0. The van der Waals surface area contributed by atoms with Crippen LogP contribution in [-0.4, -0.2) is 61.6 Å². The van der Waals surface area contributed by atoms with Gasteiger partial charge in [0.05, 0.1) is 5.41 Å². The molecular weight excluding hydrogens is 322 g/mol. The van der Waals surface area contributed by atoms with Gasteiger partial charge in [0, 0.05) is 62.2 Å². The van der Waals surface area contributed by atoms with E-state index in [4.69, 9.17) is 10.5 Å². The van der Waals surface area contributed by atoms with E-state index in [1.165, 1.54) is 9.75 Å². The predicted octanol–water partition coefficient (Wildman–Crippen LogP) is 1.71. The lowest BCUT2D eigenvalue weighted by Crippen LogP contribution is -2.56. The van der Waals surface area contributed by atoms with Gasteiger partial charge in [-0.3, -0.25) is 9.69 Å². The van der Waals surface area contributed by atoms with Crippen molar-refractivity contribution in [2.45, 2.75) is 32.7 Å². The molecule has 2 aliphatic rings. The van der Waals surface area contributed by atoms with Crippen LogP contribution in [0, 0.1) is 5.41 Å². The first kappa shape index (κ1) is 17.9. The zero-order valence-corrected chi connectivity index (χ0v) is 15.4. The van der Waals surface area contributed by atoms with Crippen LogP contribution >= 0.6 is 11.3 Å². The normalized spacial score (nSPS) is 21.8. The molecule has 2 fully saturated rings. The second kappa shape index (κ2) is 7.95. The fourth-order valence-corrected chi connectivity index (χ4v) is 4.63. The molecule has 3 heterocycles. The summed E-state index contributed by atoms with van der Waals surface area (Å²) in [5.41, 5.74) is 5.59. The van der Waals surface area contributed by atoms with E-state index in [2.05, 4.69) is 24.0 Å². The Morgan fingerprint density at radius 2 is 1.88 bits per heavy atom. The maximum Gasteiger partial charge on any atom is 0.230 e. The van der Waals surface area contributed by atoms with E-state index in [0.29, 0.717) is 19.8 Å². The number of amides is 1. The highest BCUT2D eigenvalue weighted by molar-refractivity contribution is 7.11. The Hall–Kier alpha value is -0.950. The molecular formula is C18H29N3O2S. The number of hydrogen-bond acceptors (Lipinski definition) is 5. The van der Waals surface area contributed by atoms with Crippen molar-refractivity contribution in [1.29, 1.82) is 0 Å². The number of hydrogen-bond donors (Lipinski definition) is 1. The van der Waals surface area contributed by atoms with Gasteiger partial charge in [0.1, 0.15) is 0 Å². The molecule has 0 aromatic carbocycles. The maximum atomic E-state index is 13.0. The summed E-state index contributed by atoms with van der Waals surface area (Å²) in [6.45, 7) is 8.46. The molecule has 6 heteroatoms. The molecule has 2 saturated heterocycles. The number of nitrogens with zero attached hydrogens (tertiary/aromatic N) is 2. The zero-order chi connectivity index (χ0) is 17.0. The van der Waals surface area contributed by atoms with Crippen LogP contribution in [0.2, 0.25) is 0 Å². The minimum Gasteiger partial charge on any atom is -0.381 e. The molecule has 5 nitrogen and oxygen atoms in total. The highest BCUT2D eigenvalue weighted by Crippen LogP contribution is 2.32. The summed E-state index contributed by atoms with van der Waals surface area (Å²) in [5.74, 6) is 0.248. The molecule has 3 rings (SSSR count). The molecule has 0 radical (unpaired) electrons.